The monoisotopic (exact) mass is 367 g/mol. The third-order valence-electron chi connectivity index (χ3n) is 5.29. The molecule has 0 bridgehead atoms. The number of nitrogens with two attached hydrogens (primary N) is 1. The highest BCUT2D eigenvalue weighted by molar-refractivity contribution is 5.46. The van der Waals surface area contributed by atoms with E-state index in [1.807, 2.05) is 13.2 Å². The van der Waals surface area contributed by atoms with Crippen molar-refractivity contribution >= 4 is 18.2 Å². The fourth-order valence-electron chi connectivity index (χ4n) is 4.07. The summed E-state index contributed by atoms with van der Waals surface area (Å²) in [5, 5.41) is 6.89. The standard InChI is InChI=1S/C16H27N5O2.CH2O2/c1-20(2)12-5-10-8-21(9-11(10)6-13(12)22-3)14-7-15(23-4)19-16(17)18-14;2-1-3/h7,10-13H,5-6,8-9H2,1-4H3,(H2,17,18,19);1H,(H,2,3)/t10-,11+,12-,13-;/m1./s1. The first-order valence-corrected chi connectivity index (χ1v) is 8.64. The number of anilines is 2. The Morgan fingerprint density at radius 1 is 1.27 bits per heavy atom. The maximum atomic E-state index is 8.36. The van der Waals surface area contributed by atoms with Crippen LogP contribution < -0.4 is 15.4 Å². The van der Waals surface area contributed by atoms with Crippen LogP contribution in [0.1, 0.15) is 12.8 Å². The number of hydrogen-bond acceptors (Lipinski definition) is 8. The van der Waals surface area contributed by atoms with Gasteiger partial charge in [0.25, 0.3) is 6.47 Å². The van der Waals surface area contributed by atoms with E-state index in [1.54, 1.807) is 7.11 Å². The van der Waals surface area contributed by atoms with E-state index >= 15 is 0 Å². The van der Waals surface area contributed by atoms with Crippen LogP contribution in [-0.4, -0.2) is 80.0 Å². The first kappa shape index (κ1) is 20.2. The third-order valence-corrected chi connectivity index (χ3v) is 5.29. The number of nitrogens with zero attached hydrogens (tertiary/aromatic N) is 4. The molecular weight excluding hydrogens is 338 g/mol. The molecule has 1 aliphatic heterocycles. The fourth-order valence-corrected chi connectivity index (χ4v) is 4.07. The van der Waals surface area contributed by atoms with E-state index in [2.05, 4.69) is 33.9 Å². The lowest BCUT2D eigenvalue weighted by Crippen LogP contribution is -2.47. The van der Waals surface area contributed by atoms with Crippen LogP contribution in [0.15, 0.2) is 6.07 Å². The van der Waals surface area contributed by atoms with E-state index in [-0.39, 0.29) is 12.4 Å². The average molecular weight is 367 g/mol. The zero-order chi connectivity index (χ0) is 19.3. The number of carboxylic acid groups (broad SMARTS) is 1. The maximum Gasteiger partial charge on any atom is 0.290 e. The fraction of sp³-hybridized carbons (Fsp3) is 0.706. The first-order chi connectivity index (χ1) is 12.4. The number of ether oxygens (including phenoxy) is 2. The van der Waals surface area contributed by atoms with Crippen LogP contribution in [0.25, 0.3) is 0 Å². The van der Waals surface area contributed by atoms with Gasteiger partial charge in [-0.05, 0) is 38.8 Å². The topological polar surface area (TPSA) is 114 Å². The number of likely N-dealkylation sites (N-methyl/N-ethyl adjacent to an activating group) is 1. The highest BCUT2D eigenvalue weighted by Crippen LogP contribution is 2.40. The predicted octanol–water partition coefficient (Wildman–Crippen LogP) is 0.560. The molecule has 1 aromatic rings. The van der Waals surface area contributed by atoms with Gasteiger partial charge in [0.15, 0.2) is 0 Å². The molecule has 9 nitrogen and oxygen atoms in total. The summed E-state index contributed by atoms with van der Waals surface area (Å²) in [5.41, 5.74) is 5.80. The number of methoxy groups -OCH3 is 2. The summed E-state index contributed by atoms with van der Waals surface area (Å²) in [7, 11) is 7.70. The molecule has 2 aliphatic rings. The Bertz CT molecular complexity index is 601. The van der Waals surface area contributed by atoms with Crippen molar-refractivity contribution in [1.29, 1.82) is 0 Å². The molecule has 9 heteroatoms. The summed E-state index contributed by atoms with van der Waals surface area (Å²) in [6.07, 6.45) is 2.55. The van der Waals surface area contributed by atoms with Gasteiger partial charge in [-0.1, -0.05) is 0 Å². The van der Waals surface area contributed by atoms with Gasteiger partial charge in [-0.2, -0.15) is 9.97 Å². The lowest BCUT2D eigenvalue weighted by Gasteiger charge is -2.40. The van der Waals surface area contributed by atoms with Crippen LogP contribution in [0.2, 0.25) is 0 Å². The Hall–Kier alpha value is -2.13. The van der Waals surface area contributed by atoms with E-state index in [4.69, 9.17) is 25.1 Å². The third kappa shape index (κ3) is 4.53. The molecule has 2 heterocycles. The lowest BCUT2D eigenvalue weighted by molar-refractivity contribution is -0.122. The SMILES string of the molecule is COc1cc(N2C[C@H]3C[C@@H](N(C)C)[C@H](OC)C[C@H]3C2)nc(N)n1.O=CO. The van der Waals surface area contributed by atoms with Crippen LogP contribution in [-0.2, 0) is 9.53 Å². The van der Waals surface area contributed by atoms with Gasteiger partial charge in [0, 0.05) is 32.3 Å². The first-order valence-electron chi connectivity index (χ1n) is 8.64. The van der Waals surface area contributed by atoms with Crippen LogP contribution in [0, 0.1) is 11.8 Å². The zero-order valence-corrected chi connectivity index (χ0v) is 15.8. The Morgan fingerprint density at radius 3 is 2.42 bits per heavy atom. The number of aromatic nitrogens is 2. The Labute approximate surface area is 154 Å². The van der Waals surface area contributed by atoms with Gasteiger partial charge in [0.2, 0.25) is 11.8 Å². The summed E-state index contributed by atoms with van der Waals surface area (Å²) >= 11 is 0. The molecule has 0 spiro atoms. The van der Waals surface area contributed by atoms with Gasteiger partial charge in [-0.3, -0.25) is 4.79 Å². The van der Waals surface area contributed by atoms with Crippen molar-refractivity contribution < 1.29 is 19.4 Å². The Balaban J connectivity index is 0.000000758. The van der Waals surface area contributed by atoms with Crippen molar-refractivity contribution in [2.24, 2.45) is 11.8 Å². The molecule has 146 valence electrons. The number of nitrogen functional groups attached to an aromatic ring is 1. The molecule has 0 unspecified atom stereocenters. The number of hydrogen-bond donors (Lipinski definition) is 2. The van der Waals surface area contributed by atoms with Crippen molar-refractivity contribution in [3.8, 4) is 5.88 Å². The molecule has 4 atom stereocenters. The summed E-state index contributed by atoms with van der Waals surface area (Å²) < 4.78 is 11.0. The average Bonchev–Trinajstić information content (AvgIpc) is 3.03. The molecule has 1 aromatic heterocycles. The molecule has 0 radical (unpaired) electrons. The van der Waals surface area contributed by atoms with E-state index in [0.29, 0.717) is 29.9 Å². The Morgan fingerprint density at radius 2 is 1.88 bits per heavy atom. The summed E-state index contributed by atoms with van der Waals surface area (Å²) in [6, 6.07) is 2.34. The van der Waals surface area contributed by atoms with E-state index < -0.39 is 0 Å². The molecule has 3 rings (SSSR count). The summed E-state index contributed by atoms with van der Waals surface area (Å²) in [5.74, 6) is 2.94. The second-order valence-corrected chi connectivity index (χ2v) is 6.93. The van der Waals surface area contributed by atoms with Crippen molar-refractivity contribution in [3.63, 3.8) is 0 Å². The normalized spacial score (nSPS) is 27.5. The molecule has 1 saturated heterocycles. The lowest BCUT2D eigenvalue weighted by atomic mass is 9.77. The van der Waals surface area contributed by atoms with Crippen molar-refractivity contribution in [2.45, 2.75) is 25.0 Å². The smallest absolute Gasteiger partial charge is 0.290 e. The summed E-state index contributed by atoms with van der Waals surface area (Å²) in [6.45, 7) is 1.75. The largest absolute Gasteiger partial charge is 0.483 e. The van der Waals surface area contributed by atoms with Gasteiger partial charge in [0.1, 0.15) is 5.82 Å². The number of carbonyl (C=O) groups is 1. The minimum Gasteiger partial charge on any atom is -0.483 e. The van der Waals surface area contributed by atoms with Gasteiger partial charge in [-0.25, -0.2) is 0 Å². The van der Waals surface area contributed by atoms with Crippen LogP contribution in [0.5, 0.6) is 5.88 Å². The molecule has 0 amide bonds. The molecule has 0 aromatic carbocycles. The molecule has 3 N–H and O–H groups in total. The second kappa shape index (κ2) is 9.00. The highest BCUT2D eigenvalue weighted by atomic mass is 16.5. The van der Waals surface area contributed by atoms with Crippen molar-refractivity contribution in [2.75, 3.05) is 52.0 Å². The molecule has 26 heavy (non-hydrogen) atoms. The zero-order valence-electron chi connectivity index (χ0n) is 15.8. The minimum absolute atomic E-state index is 0.250. The van der Waals surface area contributed by atoms with Crippen molar-refractivity contribution in [3.05, 3.63) is 6.07 Å². The predicted molar refractivity (Wildman–Crippen MR) is 98.4 cm³/mol. The molecule has 1 saturated carbocycles. The van der Waals surface area contributed by atoms with Gasteiger partial charge >= 0.3 is 0 Å². The Kier molecular flexibility index (Phi) is 6.98. The number of rotatable bonds is 4. The number of fused-ring (bicyclic) bond motifs is 1. The minimum atomic E-state index is -0.250. The maximum absolute atomic E-state index is 8.36. The van der Waals surface area contributed by atoms with Gasteiger partial charge in [0.05, 0.1) is 13.2 Å². The highest BCUT2D eigenvalue weighted by Gasteiger charge is 2.43. The quantitative estimate of drug-likeness (QED) is 0.737. The molecular formula is C17H29N5O4. The summed E-state index contributed by atoms with van der Waals surface area (Å²) in [4.78, 5) is 21.4. The van der Waals surface area contributed by atoms with Gasteiger partial charge < -0.3 is 30.1 Å². The van der Waals surface area contributed by atoms with E-state index in [0.717, 1.165) is 31.7 Å². The van der Waals surface area contributed by atoms with Crippen LogP contribution in [0.4, 0.5) is 11.8 Å². The van der Waals surface area contributed by atoms with Crippen LogP contribution >= 0.6 is 0 Å². The van der Waals surface area contributed by atoms with Gasteiger partial charge in [-0.15, -0.1) is 0 Å². The molecule has 2 fully saturated rings. The van der Waals surface area contributed by atoms with E-state index in [9.17, 15) is 0 Å². The molecule has 1 aliphatic carbocycles. The second-order valence-electron chi connectivity index (χ2n) is 6.93. The van der Waals surface area contributed by atoms with E-state index in [1.165, 1.54) is 0 Å². The van der Waals surface area contributed by atoms with Crippen LogP contribution in [0.3, 0.4) is 0 Å². The van der Waals surface area contributed by atoms with Crippen molar-refractivity contribution in [1.82, 2.24) is 14.9 Å².